The summed E-state index contributed by atoms with van der Waals surface area (Å²) in [4.78, 5) is 10.8. The Hall–Kier alpha value is -1.41. The zero-order valence-corrected chi connectivity index (χ0v) is 12.3. The Kier molecular flexibility index (Phi) is 4.14. The van der Waals surface area contributed by atoms with Gasteiger partial charge >= 0.3 is 5.97 Å². The molecule has 1 fully saturated rings. The van der Waals surface area contributed by atoms with Gasteiger partial charge in [0.05, 0.1) is 5.69 Å². The third-order valence-electron chi connectivity index (χ3n) is 3.81. The van der Waals surface area contributed by atoms with E-state index in [2.05, 4.69) is 14.9 Å². The molecule has 1 aliphatic carbocycles. The fourth-order valence-electron chi connectivity index (χ4n) is 2.75. The van der Waals surface area contributed by atoms with Gasteiger partial charge in [0, 0.05) is 6.04 Å². The summed E-state index contributed by atoms with van der Waals surface area (Å²) in [6.07, 6.45) is 4.23. The first-order valence-corrected chi connectivity index (χ1v) is 8.12. The third-order valence-corrected chi connectivity index (χ3v) is 5.53. The fraction of sp³-hybridized carbons (Fsp3) is 0.667. The van der Waals surface area contributed by atoms with E-state index in [1.807, 2.05) is 6.92 Å². The van der Waals surface area contributed by atoms with Crippen molar-refractivity contribution in [1.82, 2.24) is 14.9 Å². The summed E-state index contributed by atoms with van der Waals surface area (Å²) in [7, 11) is -3.88. The van der Waals surface area contributed by atoms with Gasteiger partial charge < -0.3 is 5.11 Å². The number of carboxylic acid groups (broad SMARTS) is 1. The Morgan fingerprint density at radius 3 is 2.60 bits per heavy atom. The number of aromatic amines is 1. The Balaban J connectivity index is 2.26. The number of rotatable bonds is 5. The zero-order valence-electron chi connectivity index (χ0n) is 11.5. The highest BCUT2D eigenvalue weighted by Crippen LogP contribution is 2.28. The average molecular weight is 301 g/mol. The molecule has 8 heteroatoms. The van der Waals surface area contributed by atoms with E-state index in [0.717, 1.165) is 25.7 Å². The van der Waals surface area contributed by atoms with E-state index >= 15 is 0 Å². The van der Waals surface area contributed by atoms with Crippen molar-refractivity contribution in [3.63, 3.8) is 0 Å². The highest BCUT2D eigenvalue weighted by Gasteiger charge is 2.31. The van der Waals surface area contributed by atoms with Crippen LogP contribution in [0.4, 0.5) is 0 Å². The summed E-state index contributed by atoms with van der Waals surface area (Å²) in [5.74, 6) is -1.05. The second-order valence-electron chi connectivity index (χ2n) is 5.29. The van der Waals surface area contributed by atoms with E-state index in [4.69, 9.17) is 5.11 Å². The maximum Gasteiger partial charge on any atom is 0.357 e. The number of carbonyl (C=O) groups is 1. The van der Waals surface area contributed by atoms with Gasteiger partial charge in [-0.25, -0.2) is 17.9 Å². The molecule has 0 amide bonds. The van der Waals surface area contributed by atoms with Crippen molar-refractivity contribution in [2.45, 2.75) is 50.5 Å². The lowest BCUT2D eigenvalue weighted by Gasteiger charge is -2.20. The predicted octanol–water partition coefficient (Wildman–Crippen LogP) is 1.27. The second-order valence-corrected chi connectivity index (χ2v) is 6.94. The molecule has 112 valence electrons. The molecule has 0 aromatic carbocycles. The summed E-state index contributed by atoms with van der Waals surface area (Å²) >= 11 is 0. The van der Waals surface area contributed by atoms with E-state index in [1.54, 1.807) is 0 Å². The van der Waals surface area contributed by atoms with Gasteiger partial charge in [-0.15, -0.1) is 0 Å². The molecule has 7 nitrogen and oxygen atoms in total. The lowest BCUT2D eigenvalue weighted by atomic mass is 10.0. The van der Waals surface area contributed by atoms with Gasteiger partial charge in [-0.1, -0.05) is 12.8 Å². The highest BCUT2D eigenvalue weighted by molar-refractivity contribution is 7.89. The fourth-order valence-corrected chi connectivity index (χ4v) is 4.39. The van der Waals surface area contributed by atoms with Crippen molar-refractivity contribution in [3.8, 4) is 0 Å². The van der Waals surface area contributed by atoms with Gasteiger partial charge in [-0.05, 0) is 32.6 Å². The minimum absolute atomic E-state index is 0.210. The normalized spacial score (nSPS) is 18.3. The van der Waals surface area contributed by atoms with Crippen molar-refractivity contribution in [1.29, 1.82) is 0 Å². The summed E-state index contributed by atoms with van der Waals surface area (Å²) in [6, 6.07) is -0.210. The Morgan fingerprint density at radius 1 is 1.45 bits per heavy atom. The van der Waals surface area contributed by atoms with Crippen LogP contribution in [0.2, 0.25) is 0 Å². The number of H-pyrrole nitrogens is 1. The third kappa shape index (κ3) is 2.85. The first kappa shape index (κ1) is 15.0. The van der Waals surface area contributed by atoms with Crippen LogP contribution in [0, 0.1) is 12.8 Å². The first-order valence-electron chi connectivity index (χ1n) is 6.63. The average Bonchev–Trinajstić information content (AvgIpc) is 2.96. The van der Waals surface area contributed by atoms with Crippen LogP contribution < -0.4 is 4.72 Å². The van der Waals surface area contributed by atoms with Crippen LogP contribution in [0.1, 0.15) is 48.8 Å². The van der Waals surface area contributed by atoms with E-state index in [-0.39, 0.29) is 16.6 Å². The molecule has 0 saturated heterocycles. The molecular formula is C12H19N3O4S. The van der Waals surface area contributed by atoms with Crippen molar-refractivity contribution in [2.24, 2.45) is 5.92 Å². The van der Waals surface area contributed by atoms with Crippen molar-refractivity contribution >= 4 is 16.0 Å². The van der Waals surface area contributed by atoms with Crippen LogP contribution >= 0.6 is 0 Å². The summed E-state index contributed by atoms with van der Waals surface area (Å²) in [5.41, 5.74) is -0.234. The maximum atomic E-state index is 12.4. The van der Waals surface area contributed by atoms with E-state index < -0.39 is 21.7 Å². The SMILES string of the molecule is Cc1[nH]nc(C(=O)O)c1S(=O)(=O)NC(C)C1CCCC1. The molecule has 0 radical (unpaired) electrons. The number of hydrogen-bond donors (Lipinski definition) is 3. The maximum absolute atomic E-state index is 12.4. The van der Waals surface area contributed by atoms with E-state index in [0.29, 0.717) is 5.92 Å². The Labute approximate surface area is 117 Å². The van der Waals surface area contributed by atoms with Crippen molar-refractivity contribution in [3.05, 3.63) is 11.4 Å². The molecule has 20 heavy (non-hydrogen) atoms. The quantitative estimate of drug-likeness (QED) is 0.758. The lowest BCUT2D eigenvalue weighted by Crippen LogP contribution is -2.37. The minimum Gasteiger partial charge on any atom is -0.476 e. The summed E-state index contributed by atoms with van der Waals surface area (Å²) in [6.45, 7) is 3.32. The molecule has 0 spiro atoms. The number of nitrogens with zero attached hydrogens (tertiary/aromatic N) is 1. The molecule has 1 aromatic rings. The Morgan fingerprint density at radius 2 is 2.05 bits per heavy atom. The zero-order chi connectivity index (χ0) is 14.9. The number of aromatic carboxylic acids is 1. The summed E-state index contributed by atoms with van der Waals surface area (Å²) in [5, 5.41) is 15.0. The van der Waals surface area contributed by atoms with Gasteiger partial charge in [0.15, 0.2) is 5.69 Å². The van der Waals surface area contributed by atoms with Crippen LogP contribution in [0.3, 0.4) is 0 Å². The topological polar surface area (TPSA) is 112 Å². The number of aromatic nitrogens is 2. The number of nitrogens with one attached hydrogen (secondary N) is 2. The molecule has 3 N–H and O–H groups in total. The lowest BCUT2D eigenvalue weighted by molar-refractivity contribution is 0.0686. The van der Waals surface area contributed by atoms with Gasteiger partial charge in [-0.2, -0.15) is 5.10 Å². The van der Waals surface area contributed by atoms with Gasteiger partial charge in [-0.3, -0.25) is 5.10 Å². The van der Waals surface area contributed by atoms with E-state index in [9.17, 15) is 13.2 Å². The van der Waals surface area contributed by atoms with Crippen LogP contribution in [-0.4, -0.2) is 35.7 Å². The largest absolute Gasteiger partial charge is 0.476 e. The van der Waals surface area contributed by atoms with Gasteiger partial charge in [0.1, 0.15) is 4.90 Å². The molecule has 1 aromatic heterocycles. The molecule has 0 aliphatic heterocycles. The Bertz CT molecular complexity index is 602. The van der Waals surface area contributed by atoms with Crippen LogP contribution in [0.5, 0.6) is 0 Å². The number of sulfonamides is 1. The van der Waals surface area contributed by atoms with Crippen molar-refractivity contribution < 1.29 is 18.3 Å². The standard InChI is InChI=1S/C12H19N3O4S/c1-7(9-5-3-4-6-9)15-20(18,19)11-8(2)13-14-10(11)12(16)17/h7,9,15H,3-6H2,1-2H3,(H,13,14)(H,16,17). The number of carboxylic acids is 1. The smallest absolute Gasteiger partial charge is 0.357 e. The predicted molar refractivity (Wildman–Crippen MR) is 72.0 cm³/mol. The second kappa shape index (κ2) is 5.53. The highest BCUT2D eigenvalue weighted by atomic mass is 32.2. The molecule has 2 rings (SSSR count). The first-order chi connectivity index (χ1) is 9.33. The molecule has 1 heterocycles. The number of aryl methyl sites for hydroxylation is 1. The molecule has 0 bridgehead atoms. The van der Waals surface area contributed by atoms with Gasteiger partial charge in [0.2, 0.25) is 10.0 Å². The van der Waals surface area contributed by atoms with Crippen LogP contribution in [0.15, 0.2) is 4.90 Å². The molecular weight excluding hydrogens is 282 g/mol. The molecule has 1 atom stereocenters. The van der Waals surface area contributed by atoms with Crippen LogP contribution in [0.25, 0.3) is 0 Å². The summed E-state index contributed by atoms with van der Waals surface area (Å²) < 4.78 is 27.3. The molecule has 1 aliphatic rings. The van der Waals surface area contributed by atoms with Gasteiger partial charge in [0.25, 0.3) is 0 Å². The van der Waals surface area contributed by atoms with Crippen molar-refractivity contribution in [2.75, 3.05) is 0 Å². The van der Waals surface area contributed by atoms with E-state index in [1.165, 1.54) is 6.92 Å². The monoisotopic (exact) mass is 301 g/mol. The van der Waals surface area contributed by atoms with Crippen LogP contribution in [-0.2, 0) is 10.0 Å². The molecule has 1 unspecified atom stereocenters. The molecule has 1 saturated carbocycles. The minimum atomic E-state index is -3.88. The number of hydrogen-bond acceptors (Lipinski definition) is 4.